The summed E-state index contributed by atoms with van der Waals surface area (Å²) in [5.74, 6) is 0.0245. The third-order valence-corrected chi connectivity index (χ3v) is 3.34. The van der Waals surface area contributed by atoms with Crippen molar-refractivity contribution in [3.8, 4) is 5.88 Å². The first kappa shape index (κ1) is 18.7. The van der Waals surface area contributed by atoms with Crippen LogP contribution in [-0.4, -0.2) is 55.0 Å². The summed E-state index contributed by atoms with van der Waals surface area (Å²) in [6.07, 6.45) is 1.30. The summed E-state index contributed by atoms with van der Waals surface area (Å²) in [5.41, 5.74) is 1.19. The molecule has 1 aromatic heterocycles. The van der Waals surface area contributed by atoms with Crippen molar-refractivity contribution in [2.75, 3.05) is 27.3 Å². The fourth-order valence-corrected chi connectivity index (χ4v) is 2.17. The average molecular weight is 349 g/mol. The second-order valence-corrected chi connectivity index (χ2v) is 6.38. The highest BCUT2D eigenvalue weighted by Crippen LogP contribution is 2.27. The van der Waals surface area contributed by atoms with Crippen LogP contribution in [0.1, 0.15) is 36.8 Å². The summed E-state index contributed by atoms with van der Waals surface area (Å²) in [6.45, 7) is 5.78. The molecular formula is C17H23N3O5. The summed E-state index contributed by atoms with van der Waals surface area (Å²) in [5, 5.41) is 3.67. The number of aromatic nitrogens is 1. The van der Waals surface area contributed by atoms with Crippen molar-refractivity contribution in [1.82, 2.24) is 15.4 Å². The largest absolute Gasteiger partial charge is 0.481 e. The third kappa shape index (κ3) is 4.69. The van der Waals surface area contributed by atoms with Gasteiger partial charge in [-0.15, -0.1) is 0 Å². The van der Waals surface area contributed by atoms with Gasteiger partial charge in [-0.05, 0) is 38.5 Å². The van der Waals surface area contributed by atoms with Crippen LogP contribution in [0.5, 0.6) is 5.88 Å². The summed E-state index contributed by atoms with van der Waals surface area (Å²) in [6, 6.07) is 3.35. The number of nitrogens with zero attached hydrogens (tertiary/aromatic N) is 2. The Morgan fingerprint density at radius 3 is 2.56 bits per heavy atom. The lowest BCUT2D eigenvalue weighted by molar-refractivity contribution is -0.133. The second kappa shape index (κ2) is 7.52. The zero-order chi connectivity index (χ0) is 18.6. The number of rotatable bonds is 3. The zero-order valence-electron chi connectivity index (χ0n) is 15.1. The highest BCUT2D eigenvalue weighted by atomic mass is 16.7. The van der Waals surface area contributed by atoms with Gasteiger partial charge in [-0.1, -0.05) is 6.08 Å². The van der Waals surface area contributed by atoms with Gasteiger partial charge < -0.3 is 14.8 Å². The van der Waals surface area contributed by atoms with E-state index in [1.165, 1.54) is 14.2 Å². The Morgan fingerprint density at radius 1 is 1.32 bits per heavy atom. The lowest BCUT2D eigenvalue weighted by Gasteiger charge is -2.29. The van der Waals surface area contributed by atoms with Gasteiger partial charge in [-0.2, -0.15) is 5.06 Å². The van der Waals surface area contributed by atoms with E-state index >= 15 is 0 Å². The van der Waals surface area contributed by atoms with Gasteiger partial charge in [0.2, 0.25) is 5.88 Å². The van der Waals surface area contributed by atoms with Crippen LogP contribution in [0.15, 0.2) is 18.2 Å². The Morgan fingerprint density at radius 2 is 2.04 bits per heavy atom. The quantitative estimate of drug-likeness (QED) is 0.898. The van der Waals surface area contributed by atoms with E-state index in [0.29, 0.717) is 11.4 Å². The lowest BCUT2D eigenvalue weighted by atomic mass is 10.1. The van der Waals surface area contributed by atoms with E-state index in [4.69, 9.17) is 14.3 Å². The standard InChI is InChI=1S/C17H23N3O5/c1-17(2,3)25-16(22)20-9-8-11(10-24-20)12-6-7-13(14(21)18-4)19-15(12)23-5/h6-8H,9-10H2,1-5H3,(H,18,21). The van der Waals surface area contributed by atoms with E-state index in [1.807, 2.05) is 6.08 Å². The van der Waals surface area contributed by atoms with Crippen LogP contribution in [0.4, 0.5) is 4.79 Å². The number of methoxy groups -OCH3 is 1. The Bertz CT molecular complexity index is 694. The van der Waals surface area contributed by atoms with Crippen molar-refractivity contribution in [3.05, 3.63) is 29.5 Å². The molecule has 8 nitrogen and oxygen atoms in total. The summed E-state index contributed by atoms with van der Waals surface area (Å²) in [7, 11) is 3.02. The van der Waals surface area contributed by atoms with Crippen LogP contribution in [0.3, 0.4) is 0 Å². The normalized spacial score (nSPS) is 14.6. The maximum absolute atomic E-state index is 12.0. The molecule has 1 aliphatic heterocycles. The molecule has 8 heteroatoms. The smallest absolute Gasteiger partial charge is 0.434 e. The third-order valence-electron chi connectivity index (χ3n) is 3.34. The molecule has 0 atom stereocenters. The molecule has 0 saturated heterocycles. The van der Waals surface area contributed by atoms with Crippen molar-refractivity contribution in [2.24, 2.45) is 0 Å². The maximum atomic E-state index is 12.0. The van der Waals surface area contributed by atoms with Crippen molar-refractivity contribution in [1.29, 1.82) is 0 Å². The van der Waals surface area contributed by atoms with Crippen LogP contribution in [-0.2, 0) is 9.57 Å². The van der Waals surface area contributed by atoms with Gasteiger partial charge in [-0.25, -0.2) is 9.78 Å². The Labute approximate surface area is 146 Å². The number of carbonyl (C=O) groups is 2. The van der Waals surface area contributed by atoms with Gasteiger partial charge in [-0.3, -0.25) is 9.63 Å². The van der Waals surface area contributed by atoms with Crippen LogP contribution >= 0.6 is 0 Å². The molecule has 2 heterocycles. The van der Waals surface area contributed by atoms with Gasteiger partial charge in [0.25, 0.3) is 5.91 Å². The molecular weight excluding hydrogens is 326 g/mol. The fourth-order valence-electron chi connectivity index (χ4n) is 2.17. The summed E-state index contributed by atoms with van der Waals surface area (Å²) < 4.78 is 10.6. The second-order valence-electron chi connectivity index (χ2n) is 6.38. The molecule has 0 saturated carbocycles. The molecule has 0 unspecified atom stereocenters. The topological polar surface area (TPSA) is 90.0 Å². The minimum atomic E-state index is -0.590. The number of amides is 2. The number of pyridine rings is 1. The molecule has 1 N–H and O–H groups in total. The Kier molecular flexibility index (Phi) is 5.63. The minimum Gasteiger partial charge on any atom is -0.481 e. The van der Waals surface area contributed by atoms with Gasteiger partial charge in [0.15, 0.2) is 0 Å². The maximum Gasteiger partial charge on any atom is 0.434 e. The molecule has 0 aromatic carbocycles. The first-order chi connectivity index (χ1) is 11.7. The van der Waals surface area contributed by atoms with E-state index in [-0.39, 0.29) is 24.8 Å². The first-order valence-electron chi connectivity index (χ1n) is 7.85. The average Bonchev–Trinajstić information content (AvgIpc) is 2.59. The van der Waals surface area contributed by atoms with Crippen molar-refractivity contribution < 1.29 is 23.9 Å². The zero-order valence-corrected chi connectivity index (χ0v) is 15.1. The van der Waals surface area contributed by atoms with Gasteiger partial charge in [0.05, 0.1) is 13.7 Å². The molecule has 25 heavy (non-hydrogen) atoms. The molecule has 2 amide bonds. The number of ether oxygens (including phenoxy) is 2. The molecule has 0 fully saturated rings. The summed E-state index contributed by atoms with van der Waals surface area (Å²) >= 11 is 0. The monoisotopic (exact) mass is 349 g/mol. The highest BCUT2D eigenvalue weighted by molar-refractivity contribution is 5.92. The lowest BCUT2D eigenvalue weighted by Crippen LogP contribution is -2.39. The molecule has 1 aromatic rings. The van der Waals surface area contributed by atoms with Gasteiger partial charge >= 0.3 is 6.09 Å². The SMILES string of the molecule is CNC(=O)c1ccc(C2=CCN(C(=O)OC(C)(C)C)OC2)c(OC)n1. The van der Waals surface area contributed by atoms with E-state index < -0.39 is 11.7 Å². The van der Waals surface area contributed by atoms with Crippen molar-refractivity contribution in [2.45, 2.75) is 26.4 Å². The Hall–Kier alpha value is -2.61. The van der Waals surface area contributed by atoms with Crippen molar-refractivity contribution >= 4 is 17.6 Å². The van der Waals surface area contributed by atoms with Crippen LogP contribution < -0.4 is 10.1 Å². The molecule has 2 rings (SSSR count). The Balaban J connectivity index is 2.15. The van der Waals surface area contributed by atoms with E-state index in [0.717, 1.165) is 10.6 Å². The number of hydrogen-bond acceptors (Lipinski definition) is 6. The number of nitrogens with one attached hydrogen (secondary N) is 1. The predicted molar refractivity (Wildman–Crippen MR) is 91.0 cm³/mol. The summed E-state index contributed by atoms with van der Waals surface area (Å²) in [4.78, 5) is 33.4. The van der Waals surface area contributed by atoms with Crippen LogP contribution in [0.25, 0.3) is 5.57 Å². The fraction of sp³-hybridized carbons (Fsp3) is 0.471. The van der Waals surface area contributed by atoms with E-state index in [9.17, 15) is 9.59 Å². The molecule has 0 spiro atoms. The first-order valence-corrected chi connectivity index (χ1v) is 7.85. The van der Waals surface area contributed by atoms with Gasteiger partial charge in [0.1, 0.15) is 17.9 Å². The molecule has 0 radical (unpaired) electrons. The van der Waals surface area contributed by atoms with Crippen LogP contribution in [0, 0.1) is 0 Å². The molecule has 1 aliphatic rings. The van der Waals surface area contributed by atoms with Crippen molar-refractivity contribution in [3.63, 3.8) is 0 Å². The number of carbonyl (C=O) groups excluding carboxylic acids is 2. The predicted octanol–water partition coefficient (Wildman–Crippen LogP) is 2.02. The number of hydroxylamine groups is 2. The highest BCUT2D eigenvalue weighted by Gasteiger charge is 2.26. The molecule has 0 bridgehead atoms. The van der Waals surface area contributed by atoms with Gasteiger partial charge in [0, 0.05) is 12.6 Å². The van der Waals surface area contributed by atoms with E-state index in [1.54, 1.807) is 32.9 Å². The number of hydrogen-bond donors (Lipinski definition) is 1. The molecule has 0 aliphatic carbocycles. The van der Waals surface area contributed by atoms with Crippen LogP contribution in [0.2, 0.25) is 0 Å². The van der Waals surface area contributed by atoms with E-state index in [2.05, 4.69) is 10.3 Å². The molecule has 136 valence electrons. The minimum absolute atomic E-state index is 0.163.